The second kappa shape index (κ2) is 14.0. The summed E-state index contributed by atoms with van der Waals surface area (Å²) in [4.78, 5) is 14.9. The number of rotatable bonds is 6. The van der Waals surface area contributed by atoms with Gasteiger partial charge in [-0.2, -0.15) is 6.07 Å². The quantitative estimate of drug-likeness (QED) is 0.156. The molecular formula is C47H41N5OPt. The van der Waals surface area contributed by atoms with Crippen LogP contribution in [0.15, 0.2) is 108 Å². The molecule has 270 valence electrons. The first-order valence-corrected chi connectivity index (χ1v) is 19.1. The summed E-state index contributed by atoms with van der Waals surface area (Å²) in [5.74, 6) is 1.69. The van der Waals surface area contributed by atoms with E-state index in [1.165, 1.54) is 54.0 Å². The maximum Gasteiger partial charge on any atom is 2.00 e. The van der Waals surface area contributed by atoms with Crippen molar-refractivity contribution in [1.82, 2.24) is 19.1 Å². The number of benzene rings is 4. The van der Waals surface area contributed by atoms with Crippen LogP contribution in [-0.4, -0.2) is 37.6 Å². The molecule has 1 aliphatic heterocycles. The van der Waals surface area contributed by atoms with Crippen LogP contribution in [-0.2, 0) is 25.8 Å². The minimum absolute atomic E-state index is 0. The molecule has 0 bridgehead atoms. The molecule has 0 spiro atoms. The van der Waals surface area contributed by atoms with Crippen LogP contribution in [0.5, 0.6) is 0 Å². The predicted octanol–water partition coefficient (Wildman–Crippen LogP) is 11.1. The van der Waals surface area contributed by atoms with Gasteiger partial charge in [0.05, 0.1) is 23.9 Å². The summed E-state index contributed by atoms with van der Waals surface area (Å²) < 4.78 is 11.0. The van der Waals surface area contributed by atoms with Crippen LogP contribution in [0.2, 0.25) is 0 Å². The van der Waals surface area contributed by atoms with E-state index in [-0.39, 0.29) is 27.1 Å². The first-order valence-electron chi connectivity index (χ1n) is 19.1. The molecule has 1 atom stereocenters. The molecular weight excluding hydrogens is 846 g/mol. The van der Waals surface area contributed by atoms with Gasteiger partial charge in [0.2, 0.25) is 0 Å². The maximum atomic E-state index is 6.40. The van der Waals surface area contributed by atoms with Gasteiger partial charge in [-0.25, -0.2) is 4.98 Å². The number of hydrogen-bond acceptors (Lipinski definition) is 4. The number of aliphatic imine (C=N–C) groups is 1. The Labute approximate surface area is 330 Å². The number of aromatic nitrogens is 4. The number of pyridine rings is 2. The van der Waals surface area contributed by atoms with Gasteiger partial charge in [-0.1, -0.05) is 85.3 Å². The van der Waals surface area contributed by atoms with Crippen molar-refractivity contribution in [3.63, 3.8) is 0 Å². The summed E-state index contributed by atoms with van der Waals surface area (Å²) in [5.41, 5.74) is 11.2. The van der Waals surface area contributed by atoms with Gasteiger partial charge < -0.3 is 13.9 Å². The van der Waals surface area contributed by atoms with Crippen molar-refractivity contribution in [2.45, 2.75) is 64.8 Å². The zero-order valence-electron chi connectivity index (χ0n) is 30.8. The Kier molecular flexibility index (Phi) is 8.98. The smallest absolute Gasteiger partial charge is 0.518 e. The SMILES string of the molecule is Cc1ccc2c(c1)c1ccc(-n3c4ccc(C(C)C)cc4c4cccnc43)[c-]c1n2-c1[c-]c(C2=N[C@H](C3CCCCC3)CO2)cc(-c2ccccn2)c1.[Pt+2]. The Hall–Kier alpha value is -5.06. The fraction of sp³-hybridized carbons (Fsp3) is 0.255. The molecule has 1 fully saturated rings. The van der Waals surface area contributed by atoms with Crippen LogP contribution in [0.25, 0.3) is 66.4 Å². The van der Waals surface area contributed by atoms with E-state index in [1.54, 1.807) is 0 Å². The second-order valence-electron chi connectivity index (χ2n) is 15.2. The van der Waals surface area contributed by atoms with Gasteiger partial charge in [-0.05, 0) is 90.7 Å². The van der Waals surface area contributed by atoms with Gasteiger partial charge in [0.1, 0.15) is 11.5 Å². The van der Waals surface area contributed by atoms with E-state index < -0.39 is 0 Å². The third-order valence-electron chi connectivity index (χ3n) is 11.4. The number of nitrogens with zero attached hydrogens (tertiary/aromatic N) is 5. The number of hydrogen-bond donors (Lipinski definition) is 0. The molecule has 0 N–H and O–H groups in total. The number of fused-ring (bicyclic) bond motifs is 6. The Morgan fingerprint density at radius 2 is 1.54 bits per heavy atom. The first kappa shape index (κ1) is 34.7. The Balaban J connectivity index is 0.00000384. The third kappa shape index (κ3) is 5.87. The van der Waals surface area contributed by atoms with E-state index in [2.05, 4.69) is 115 Å². The second-order valence-corrected chi connectivity index (χ2v) is 15.2. The normalized spacial score (nSPS) is 16.4. The molecule has 6 nitrogen and oxygen atoms in total. The van der Waals surface area contributed by atoms with Crippen LogP contribution in [0.1, 0.15) is 68.6 Å². The summed E-state index contributed by atoms with van der Waals surface area (Å²) in [6.07, 6.45) is 10.1. The van der Waals surface area contributed by atoms with Crippen LogP contribution in [0.3, 0.4) is 0 Å². The standard InChI is InChI=1S/C47H41N5O.Pt/c1-29(2)32-15-19-44-40(26-32)38-12-9-21-49-46(38)52(44)35-16-17-37-39-22-30(3)14-18-43(39)51(45(37)27-35)36-24-33(41-13-7-8-20-48-41)23-34(25-36)47-50-42(28-53-47)31-10-5-4-6-11-31;/h7-9,12-24,26,29,31,42H,4-6,10-11,28H2,1-3H3;/q-2;+2/t42-;/m0./s1. The number of ether oxygens (including phenoxy) is 1. The average molecular weight is 887 g/mol. The van der Waals surface area contributed by atoms with E-state index in [1.807, 2.05) is 30.6 Å². The monoisotopic (exact) mass is 886 g/mol. The van der Waals surface area contributed by atoms with Crippen LogP contribution in [0.4, 0.5) is 0 Å². The molecule has 0 amide bonds. The molecule has 8 aromatic rings. The van der Waals surface area contributed by atoms with Crippen LogP contribution in [0, 0.1) is 25.0 Å². The van der Waals surface area contributed by atoms with Crippen molar-refractivity contribution < 1.29 is 25.8 Å². The van der Waals surface area contributed by atoms with E-state index in [0.717, 1.165) is 61.2 Å². The van der Waals surface area contributed by atoms with Crippen molar-refractivity contribution >= 4 is 49.6 Å². The summed E-state index contributed by atoms with van der Waals surface area (Å²) in [6.45, 7) is 7.27. The van der Waals surface area contributed by atoms with Crippen LogP contribution >= 0.6 is 0 Å². The summed E-state index contributed by atoms with van der Waals surface area (Å²) in [7, 11) is 0. The molecule has 1 saturated carbocycles. The molecule has 5 heterocycles. The van der Waals surface area contributed by atoms with E-state index in [9.17, 15) is 0 Å². The molecule has 4 aromatic heterocycles. The van der Waals surface area contributed by atoms with Gasteiger partial charge in [0.15, 0.2) is 0 Å². The Morgan fingerprint density at radius 3 is 2.37 bits per heavy atom. The minimum atomic E-state index is 0. The predicted molar refractivity (Wildman–Crippen MR) is 215 cm³/mol. The van der Waals surface area contributed by atoms with Gasteiger partial charge in [0, 0.05) is 28.7 Å². The summed E-state index contributed by atoms with van der Waals surface area (Å²) in [5, 5.41) is 4.65. The zero-order chi connectivity index (χ0) is 35.6. The fourth-order valence-corrected chi connectivity index (χ4v) is 8.66. The van der Waals surface area contributed by atoms with Gasteiger partial charge in [0.25, 0.3) is 0 Å². The van der Waals surface area contributed by atoms with Crippen molar-refractivity contribution in [2.75, 3.05) is 6.61 Å². The molecule has 54 heavy (non-hydrogen) atoms. The van der Waals surface area contributed by atoms with Crippen LogP contribution < -0.4 is 0 Å². The molecule has 0 radical (unpaired) electrons. The number of aryl methyl sites for hydroxylation is 1. The minimum Gasteiger partial charge on any atom is -0.518 e. The molecule has 10 rings (SSSR count). The third-order valence-corrected chi connectivity index (χ3v) is 11.4. The molecule has 0 saturated heterocycles. The Morgan fingerprint density at radius 1 is 0.722 bits per heavy atom. The molecule has 4 aromatic carbocycles. The van der Waals surface area contributed by atoms with E-state index in [4.69, 9.17) is 19.7 Å². The molecule has 0 unspecified atom stereocenters. The van der Waals surface area contributed by atoms with Crippen molar-refractivity contribution in [2.24, 2.45) is 10.9 Å². The largest absolute Gasteiger partial charge is 2.00 e. The van der Waals surface area contributed by atoms with E-state index >= 15 is 0 Å². The Bertz CT molecular complexity index is 2720. The molecule has 2 aliphatic rings. The van der Waals surface area contributed by atoms with Crippen molar-refractivity contribution in [1.29, 1.82) is 0 Å². The molecule has 7 heteroatoms. The summed E-state index contributed by atoms with van der Waals surface area (Å²) >= 11 is 0. The molecule has 1 aliphatic carbocycles. The van der Waals surface area contributed by atoms with Crippen molar-refractivity contribution in [3.8, 4) is 22.6 Å². The van der Waals surface area contributed by atoms with Gasteiger partial charge >= 0.3 is 21.1 Å². The van der Waals surface area contributed by atoms with Gasteiger partial charge in [-0.3, -0.25) is 9.98 Å². The van der Waals surface area contributed by atoms with Gasteiger partial charge in [-0.15, -0.1) is 35.7 Å². The average Bonchev–Trinajstić information content (AvgIpc) is 3.91. The van der Waals surface area contributed by atoms with E-state index in [0.29, 0.717) is 24.3 Å². The first-order chi connectivity index (χ1) is 26.0. The summed E-state index contributed by atoms with van der Waals surface area (Å²) in [6, 6.07) is 40.4. The fourth-order valence-electron chi connectivity index (χ4n) is 8.66. The maximum absolute atomic E-state index is 6.40. The zero-order valence-corrected chi connectivity index (χ0v) is 33.0. The topological polar surface area (TPSA) is 57.2 Å². The van der Waals surface area contributed by atoms with Crippen molar-refractivity contribution in [3.05, 3.63) is 132 Å².